The predicted octanol–water partition coefficient (Wildman–Crippen LogP) is 1.18. The highest BCUT2D eigenvalue weighted by atomic mass is 16.5. The van der Waals surface area contributed by atoms with Crippen molar-refractivity contribution in [1.29, 1.82) is 0 Å². The topological polar surface area (TPSA) is 101 Å². The van der Waals surface area contributed by atoms with Crippen LogP contribution in [0.3, 0.4) is 0 Å². The van der Waals surface area contributed by atoms with E-state index in [1.165, 1.54) is 0 Å². The zero-order valence-corrected chi connectivity index (χ0v) is 20.5. The lowest BCUT2D eigenvalue weighted by Crippen LogP contribution is -2.51. The normalized spacial score (nSPS) is 21.9. The molecule has 0 aromatic carbocycles. The van der Waals surface area contributed by atoms with Crippen LogP contribution in [0, 0.1) is 23.7 Å². The summed E-state index contributed by atoms with van der Waals surface area (Å²) in [6, 6.07) is 1.28. The number of methoxy groups -OCH3 is 1. The third-order valence-corrected chi connectivity index (χ3v) is 6.37. The number of hydrogen-bond donors (Lipinski definition) is 1. The lowest BCUT2D eigenvalue weighted by atomic mass is 9.97. The zero-order valence-electron chi connectivity index (χ0n) is 20.5. The minimum Gasteiger partial charge on any atom is -0.472 e. The van der Waals surface area contributed by atoms with Crippen LogP contribution < -0.4 is 4.74 Å². The molecule has 1 saturated heterocycles. The predicted molar refractivity (Wildman–Crippen MR) is 125 cm³/mol. The molecule has 34 heavy (non-hydrogen) atoms. The van der Waals surface area contributed by atoms with Gasteiger partial charge in [-0.15, -0.1) is 0 Å². The van der Waals surface area contributed by atoms with Gasteiger partial charge < -0.3 is 29.1 Å². The average Bonchev–Trinajstić information content (AvgIpc) is 2.86. The van der Waals surface area contributed by atoms with Gasteiger partial charge in [0.15, 0.2) is 0 Å². The quantitative estimate of drug-likeness (QED) is 0.619. The molecule has 186 valence electrons. The number of ether oxygens (including phenoxy) is 3. The van der Waals surface area contributed by atoms with Crippen LogP contribution in [0.1, 0.15) is 42.6 Å². The summed E-state index contributed by atoms with van der Waals surface area (Å²) in [7, 11) is 3.35. The second-order valence-electron chi connectivity index (χ2n) is 9.04. The third-order valence-electron chi connectivity index (χ3n) is 6.37. The molecule has 0 bridgehead atoms. The average molecular weight is 474 g/mol. The van der Waals surface area contributed by atoms with Gasteiger partial charge in [-0.3, -0.25) is 9.59 Å². The number of amides is 2. The number of carbonyl (C=O) groups is 2. The summed E-state index contributed by atoms with van der Waals surface area (Å²) in [6.07, 6.45) is 2.62. The maximum Gasteiger partial charge on any atom is 0.259 e. The van der Waals surface area contributed by atoms with Crippen molar-refractivity contribution in [3.05, 3.63) is 23.4 Å². The van der Waals surface area contributed by atoms with Gasteiger partial charge in [0.05, 0.1) is 19.2 Å². The van der Waals surface area contributed by atoms with Crippen molar-refractivity contribution in [3.63, 3.8) is 0 Å². The Morgan fingerprint density at radius 3 is 2.82 bits per heavy atom. The molecule has 1 fully saturated rings. The summed E-state index contributed by atoms with van der Waals surface area (Å²) in [6.45, 7) is 5.83. The van der Waals surface area contributed by atoms with Crippen molar-refractivity contribution in [3.8, 4) is 17.7 Å². The van der Waals surface area contributed by atoms with E-state index in [9.17, 15) is 14.7 Å². The molecule has 0 saturated carbocycles. The van der Waals surface area contributed by atoms with Gasteiger partial charge in [0.1, 0.15) is 18.3 Å². The van der Waals surface area contributed by atoms with Gasteiger partial charge in [0.25, 0.3) is 5.91 Å². The first-order valence-electron chi connectivity index (χ1n) is 11.7. The van der Waals surface area contributed by atoms with E-state index in [1.807, 2.05) is 6.92 Å². The molecule has 3 rings (SSSR count). The summed E-state index contributed by atoms with van der Waals surface area (Å²) < 4.78 is 16.6. The minimum absolute atomic E-state index is 0.0475. The van der Waals surface area contributed by atoms with E-state index in [-0.39, 0.29) is 54.9 Å². The van der Waals surface area contributed by atoms with Gasteiger partial charge in [-0.2, -0.15) is 0 Å². The first-order valence-corrected chi connectivity index (χ1v) is 11.7. The van der Waals surface area contributed by atoms with Crippen LogP contribution in [-0.2, 0) is 14.3 Å². The number of pyridine rings is 1. The van der Waals surface area contributed by atoms with E-state index in [2.05, 4.69) is 16.8 Å². The summed E-state index contributed by atoms with van der Waals surface area (Å²) in [5.74, 6) is 5.67. The number of rotatable bonds is 6. The van der Waals surface area contributed by atoms with Crippen LogP contribution in [0.25, 0.3) is 0 Å². The Kier molecular flexibility index (Phi) is 9.28. The number of likely N-dealkylation sites (N-methyl/N-ethyl adjacent to an activating group) is 1. The van der Waals surface area contributed by atoms with Crippen molar-refractivity contribution in [2.24, 2.45) is 11.8 Å². The fourth-order valence-corrected chi connectivity index (χ4v) is 4.21. The number of fused-ring (bicyclic) bond motifs is 1. The molecule has 0 radical (unpaired) electrons. The van der Waals surface area contributed by atoms with Crippen molar-refractivity contribution in [2.45, 2.75) is 38.8 Å². The van der Waals surface area contributed by atoms with Gasteiger partial charge in [-0.05, 0) is 25.8 Å². The van der Waals surface area contributed by atoms with Crippen LogP contribution in [0.4, 0.5) is 0 Å². The maximum absolute atomic E-state index is 13.4. The number of aliphatic hydroxyl groups excluding tert-OH is 1. The molecule has 3 heterocycles. The van der Waals surface area contributed by atoms with Gasteiger partial charge in [-0.1, -0.05) is 18.8 Å². The fourth-order valence-electron chi connectivity index (χ4n) is 4.21. The van der Waals surface area contributed by atoms with Crippen molar-refractivity contribution in [1.82, 2.24) is 14.8 Å². The summed E-state index contributed by atoms with van der Waals surface area (Å²) in [5, 5.41) is 9.79. The van der Waals surface area contributed by atoms with E-state index in [4.69, 9.17) is 14.2 Å². The number of aromatic nitrogens is 1. The fraction of sp³-hybridized carbons (Fsp3) is 0.640. The van der Waals surface area contributed by atoms with E-state index in [1.54, 1.807) is 43.1 Å². The molecule has 2 aliphatic heterocycles. The standard InChI is InChI=1S/C25H35N3O6/c1-17-14-28(18(2)16-29)25(31)21-12-19(6-5-9-32-4)13-26-23(21)34-22(17)15-27(3)24(30)20-7-10-33-11-8-20/h12-13,17-18,20,22,29H,7-11,14-16H2,1-4H3/t17-,18-,22+/m1/s1. The monoisotopic (exact) mass is 473 g/mol. The molecule has 2 amide bonds. The van der Waals surface area contributed by atoms with Crippen LogP contribution in [0.5, 0.6) is 5.88 Å². The Balaban J connectivity index is 1.88. The zero-order chi connectivity index (χ0) is 24.7. The summed E-state index contributed by atoms with van der Waals surface area (Å²) >= 11 is 0. The van der Waals surface area contributed by atoms with Gasteiger partial charge >= 0.3 is 0 Å². The first kappa shape index (κ1) is 25.9. The Labute approximate surface area is 201 Å². The number of nitrogens with zero attached hydrogens (tertiary/aromatic N) is 3. The number of hydrogen-bond acceptors (Lipinski definition) is 7. The minimum atomic E-state index is -0.383. The molecular weight excluding hydrogens is 438 g/mol. The highest BCUT2D eigenvalue weighted by Crippen LogP contribution is 2.28. The molecule has 9 heteroatoms. The van der Waals surface area contributed by atoms with Crippen molar-refractivity contribution < 1.29 is 28.9 Å². The molecule has 1 N–H and O–H groups in total. The summed E-state index contributed by atoms with van der Waals surface area (Å²) in [5.41, 5.74) is 0.862. The molecule has 9 nitrogen and oxygen atoms in total. The smallest absolute Gasteiger partial charge is 0.259 e. The molecule has 2 aliphatic rings. The Morgan fingerprint density at radius 2 is 2.15 bits per heavy atom. The van der Waals surface area contributed by atoms with Gasteiger partial charge in [-0.25, -0.2) is 4.98 Å². The second kappa shape index (κ2) is 12.2. The molecule has 1 aromatic rings. The largest absolute Gasteiger partial charge is 0.472 e. The molecule has 0 aliphatic carbocycles. The van der Waals surface area contributed by atoms with Crippen LogP contribution in [0.2, 0.25) is 0 Å². The van der Waals surface area contributed by atoms with E-state index in [0.29, 0.717) is 37.4 Å². The SMILES string of the molecule is COCC#Cc1cnc2c(c1)C(=O)N([C@H](C)CO)C[C@@H](C)[C@H](CN(C)C(=O)C1CCOCC1)O2. The second-order valence-corrected chi connectivity index (χ2v) is 9.04. The molecule has 1 aromatic heterocycles. The van der Waals surface area contributed by atoms with Crippen LogP contribution >= 0.6 is 0 Å². The highest BCUT2D eigenvalue weighted by molar-refractivity contribution is 5.97. The van der Waals surface area contributed by atoms with Crippen LogP contribution in [0.15, 0.2) is 12.3 Å². The molecule has 3 atom stereocenters. The molecule has 0 unspecified atom stereocenters. The van der Waals surface area contributed by atoms with Crippen LogP contribution in [-0.4, -0.2) is 97.5 Å². The lowest BCUT2D eigenvalue weighted by Gasteiger charge is -2.38. The Bertz CT molecular complexity index is 921. The Morgan fingerprint density at radius 1 is 1.41 bits per heavy atom. The highest BCUT2D eigenvalue weighted by Gasteiger charge is 2.35. The molecule has 0 spiro atoms. The Hall–Kier alpha value is -2.67. The van der Waals surface area contributed by atoms with Gasteiger partial charge in [0.2, 0.25) is 11.8 Å². The van der Waals surface area contributed by atoms with E-state index < -0.39 is 0 Å². The first-order chi connectivity index (χ1) is 16.3. The van der Waals surface area contributed by atoms with Crippen molar-refractivity contribution >= 4 is 11.8 Å². The number of carbonyl (C=O) groups excluding carboxylic acids is 2. The molecular formula is C25H35N3O6. The van der Waals surface area contributed by atoms with Crippen molar-refractivity contribution in [2.75, 3.05) is 53.7 Å². The van der Waals surface area contributed by atoms with E-state index >= 15 is 0 Å². The third kappa shape index (κ3) is 6.26. The number of aliphatic hydroxyl groups is 1. The summed E-state index contributed by atoms with van der Waals surface area (Å²) in [4.78, 5) is 34.2. The van der Waals surface area contributed by atoms with E-state index in [0.717, 1.165) is 12.8 Å². The van der Waals surface area contributed by atoms with Gasteiger partial charge in [0, 0.05) is 57.5 Å². The maximum atomic E-state index is 13.4. The lowest BCUT2D eigenvalue weighted by molar-refractivity contribution is -0.138.